The van der Waals surface area contributed by atoms with E-state index < -0.39 is 0 Å². The van der Waals surface area contributed by atoms with Gasteiger partial charge < -0.3 is 10.5 Å². The van der Waals surface area contributed by atoms with Gasteiger partial charge in [-0.2, -0.15) is 0 Å². The molecule has 2 aromatic rings. The Morgan fingerprint density at radius 1 is 1.32 bits per heavy atom. The van der Waals surface area contributed by atoms with Gasteiger partial charge in [0.1, 0.15) is 18.2 Å². The molecule has 0 spiro atoms. The predicted molar refractivity (Wildman–Crippen MR) is 72.3 cm³/mol. The summed E-state index contributed by atoms with van der Waals surface area (Å²) in [5.74, 6) is 0.380. The minimum atomic E-state index is -0.277. The fourth-order valence-corrected chi connectivity index (χ4v) is 1.83. The lowest BCUT2D eigenvalue weighted by molar-refractivity contribution is 0.297. The molecule has 1 heterocycles. The second kappa shape index (κ2) is 6.29. The van der Waals surface area contributed by atoms with Crippen LogP contribution in [0.25, 0.3) is 0 Å². The van der Waals surface area contributed by atoms with Crippen molar-refractivity contribution in [1.29, 1.82) is 0 Å². The van der Waals surface area contributed by atoms with Gasteiger partial charge in [0.15, 0.2) is 0 Å². The number of aromatic nitrogens is 1. The van der Waals surface area contributed by atoms with Crippen LogP contribution in [0.1, 0.15) is 18.2 Å². The predicted octanol–water partition coefficient (Wildman–Crippen LogP) is 2.69. The summed E-state index contributed by atoms with van der Waals surface area (Å²) < 4.78 is 18.9. The maximum absolute atomic E-state index is 13.3. The number of hydrogen-bond donors (Lipinski definition) is 1. The van der Waals surface area contributed by atoms with E-state index in [-0.39, 0.29) is 11.9 Å². The van der Waals surface area contributed by atoms with Gasteiger partial charge in [0.05, 0.1) is 5.69 Å². The van der Waals surface area contributed by atoms with Crippen LogP contribution < -0.4 is 10.5 Å². The first-order valence-corrected chi connectivity index (χ1v) is 6.22. The number of benzene rings is 1. The maximum atomic E-state index is 13.3. The molecule has 4 heteroatoms. The van der Waals surface area contributed by atoms with Gasteiger partial charge in [-0.3, -0.25) is 4.98 Å². The molecule has 0 saturated heterocycles. The summed E-state index contributed by atoms with van der Waals surface area (Å²) in [6.45, 7) is 2.24. The van der Waals surface area contributed by atoms with Gasteiger partial charge in [-0.25, -0.2) is 4.39 Å². The van der Waals surface area contributed by atoms with E-state index in [1.807, 2.05) is 25.1 Å². The topological polar surface area (TPSA) is 48.1 Å². The Kier molecular flexibility index (Phi) is 4.47. The SMILES string of the molecule is CC(N)Cc1cc(F)ccc1OCc1ccccn1. The molecule has 1 aromatic carbocycles. The van der Waals surface area contributed by atoms with Gasteiger partial charge in [0.25, 0.3) is 0 Å². The van der Waals surface area contributed by atoms with E-state index in [9.17, 15) is 4.39 Å². The van der Waals surface area contributed by atoms with Gasteiger partial charge in [-0.1, -0.05) is 6.07 Å². The van der Waals surface area contributed by atoms with Crippen molar-refractivity contribution in [2.75, 3.05) is 0 Å². The van der Waals surface area contributed by atoms with Crippen molar-refractivity contribution in [3.8, 4) is 5.75 Å². The number of halogens is 1. The van der Waals surface area contributed by atoms with Gasteiger partial charge >= 0.3 is 0 Å². The van der Waals surface area contributed by atoms with Crippen LogP contribution in [0.2, 0.25) is 0 Å². The quantitative estimate of drug-likeness (QED) is 0.899. The molecule has 0 aliphatic carbocycles. The van der Waals surface area contributed by atoms with Crippen LogP contribution in [0.3, 0.4) is 0 Å². The summed E-state index contributed by atoms with van der Waals surface area (Å²) in [6.07, 6.45) is 2.29. The molecule has 0 amide bonds. The van der Waals surface area contributed by atoms with Crippen molar-refractivity contribution >= 4 is 0 Å². The van der Waals surface area contributed by atoms with Crippen LogP contribution in [-0.4, -0.2) is 11.0 Å². The summed E-state index contributed by atoms with van der Waals surface area (Å²) in [7, 11) is 0. The molecule has 0 aliphatic rings. The van der Waals surface area contributed by atoms with Crippen molar-refractivity contribution in [3.63, 3.8) is 0 Å². The molecule has 2 rings (SSSR count). The lowest BCUT2D eigenvalue weighted by Crippen LogP contribution is -2.18. The Morgan fingerprint density at radius 2 is 2.16 bits per heavy atom. The molecule has 0 fully saturated rings. The van der Waals surface area contributed by atoms with E-state index >= 15 is 0 Å². The van der Waals surface area contributed by atoms with E-state index in [1.165, 1.54) is 12.1 Å². The maximum Gasteiger partial charge on any atom is 0.130 e. The molecule has 3 nitrogen and oxygen atoms in total. The molecular weight excluding hydrogens is 243 g/mol. The fraction of sp³-hybridized carbons (Fsp3) is 0.267. The molecule has 0 radical (unpaired) electrons. The molecule has 1 aromatic heterocycles. The second-order valence-electron chi connectivity index (χ2n) is 4.54. The lowest BCUT2D eigenvalue weighted by Gasteiger charge is -2.13. The Hall–Kier alpha value is -1.94. The first-order chi connectivity index (χ1) is 9.15. The van der Waals surface area contributed by atoms with Crippen LogP contribution in [0, 0.1) is 5.82 Å². The standard InChI is InChI=1S/C15H17FN2O/c1-11(17)8-12-9-13(16)5-6-15(12)19-10-14-4-2-3-7-18-14/h2-7,9,11H,8,10,17H2,1H3. The molecule has 19 heavy (non-hydrogen) atoms. The normalized spacial score (nSPS) is 12.2. The number of pyridine rings is 1. The third-order valence-electron chi connectivity index (χ3n) is 2.67. The molecule has 2 N–H and O–H groups in total. The molecular formula is C15H17FN2O. The van der Waals surface area contributed by atoms with Crippen molar-refractivity contribution in [2.45, 2.75) is 26.0 Å². The number of ether oxygens (including phenoxy) is 1. The Morgan fingerprint density at radius 3 is 2.84 bits per heavy atom. The highest BCUT2D eigenvalue weighted by atomic mass is 19.1. The van der Waals surface area contributed by atoms with Gasteiger partial charge in [-0.15, -0.1) is 0 Å². The third kappa shape index (κ3) is 4.03. The number of rotatable bonds is 5. The number of hydrogen-bond acceptors (Lipinski definition) is 3. The smallest absolute Gasteiger partial charge is 0.130 e. The summed E-state index contributed by atoms with van der Waals surface area (Å²) in [4.78, 5) is 4.18. The lowest BCUT2D eigenvalue weighted by atomic mass is 10.1. The van der Waals surface area contributed by atoms with Gasteiger partial charge in [-0.05, 0) is 49.2 Å². The summed E-state index contributed by atoms with van der Waals surface area (Å²) in [6, 6.07) is 10.1. The van der Waals surface area contributed by atoms with E-state index in [2.05, 4.69) is 4.98 Å². The van der Waals surface area contributed by atoms with Crippen molar-refractivity contribution in [3.05, 3.63) is 59.7 Å². The van der Waals surface area contributed by atoms with Gasteiger partial charge in [0.2, 0.25) is 0 Å². The van der Waals surface area contributed by atoms with Crippen LogP contribution in [0.15, 0.2) is 42.6 Å². The summed E-state index contributed by atoms with van der Waals surface area (Å²) >= 11 is 0. The molecule has 1 unspecified atom stereocenters. The first-order valence-electron chi connectivity index (χ1n) is 6.22. The number of nitrogens with two attached hydrogens (primary N) is 1. The summed E-state index contributed by atoms with van der Waals surface area (Å²) in [5, 5.41) is 0. The first kappa shape index (κ1) is 13.5. The molecule has 0 bridgehead atoms. The Bertz CT molecular complexity index is 529. The molecule has 1 atom stereocenters. The van der Waals surface area contributed by atoms with Crippen LogP contribution in [0.5, 0.6) is 5.75 Å². The highest BCUT2D eigenvalue weighted by Gasteiger charge is 2.08. The monoisotopic (exact) mass is 260 g/mol. The molecule has 100 valence electrons. The summed E-state index contributed by atoms with van der Waals surface area (Å²) in [5.41, 5.74) is 7.38. The zero-order chi connectivity index (χ0) is 13.7. The van der Waals surface area contributed by atoms with Crippen LogP contribution in [0.4, 0.5) is 4.39 Å². The van der Waals surface area contributed by atoms with E-state index in [1.54, 1.807) is 12.3 Å². The third-order valence-corrected chi connectivity index (χ3v) is 2.67. The average molecular weight is 260 g/mol. The minimum Gasteiger partial charge on any atom is -0.487 e. The zero-order valence-electron chi connectivity index (χ0n) is 10.8. The second-order valence-corrected chi connectivity index (χ2v) is 4.54. The van der Waals surface area contributed by atoms with Gasteiger partial charge in [0, 0.05) is 12.2 Å². The number of nitrogens with zero attached hydrogens (tertiary/aromatic N) is 1. The van der Waals surface area contributed by atoms with E-state index in [4.69, 9.17) is 10.5 Å². The van der Waals surface area contributed by atoms with Crippen LogP contribution >= 0.6 is 0 Å². The Balaban J connectivity index is 2.11. The zero-order valence-corrected chi connectivity index (χ0v) is 10.8. The fourth-order valence-electron chi connectivity index (χ4n) is 1.83. The van der Waals surface area contributed by atoms with Crippen molar-refractivity contribution < 1.29 is 9.13 Å². The average Bonchev–Trinajstić information content (AvgIpc) is 2.38. The van der Waals surface area contributed by atoms with E-state index in [0.717, 1.165) is 11.3 Å². The Labute approximate surface area is 112 Å². The van der Waals surface area contributed by atoms with Crippen LogP contribution in [-0.2, 0) is 13.0 Å². The molecule has 0 aliphatic heterocycles. The highest BCUT2D eigenvalue weighted by Crippen LogP contribution is 2.22. The van der Waals surface area contributed by atoms with Crippen molar-refractivity contribution in [1.82, 2.24) is 4.98 Å². The van der Waals surface area contributed by atoms with E-state index in [0.29, 0.717) is 18.8 Å². The highest BCUT2D eigenvalue weighted by molar-refractivity contribution is 5.34. The minimum absolute atomic E-state index is 0.0426. The molecule has 0 saturated carbocycles. The van der Waals surface area contributed by atoms with Crippen molar-refractivity contribution in [2.24, 2.45) is 5.73 Å². The largest absolute Gasteiger partial charge is 0.487 e.